The van der Waals surface area contributed by atoms with Gasteiger partial charge in [-0.05, 0) is 47.2 Å². The normalized spacial score (nSPS) is 10.6. The van der Waals surface area contributed by atoms with E-state index in [4.69, 9.17) is 10.5 Å². The molecular weight excluding hydrogens is 266 g/mol. The Morgan fingerprint density at radius 1 is 1.14 bits per heavy atom. The number of aryl methyl sites for hydroxylation is 1. The summed E-state index contributed by atoms with van der Waals surface area (Å²) in [5, 5.41) is 11.9. The number of ether oxygens (including phenoxy) is 1. The molecule has 0 unspecified atom stereocenters. The van der Waals surface area contributed by atoms with Crippen LogP contribution in [0.4, 0.5) is 5.69 Å². The van der Waals surface area contributed by atoms with E-state index in [-0.39, 0.29) is 0 Å². The Labute approximate surface area is 122 Å². The molecule has 1 aromatic heterocycles. The number of aromatic nitrogens is 4. The molecule has 0 saturated heterocycles. The maximum Gasteiger partial charge on any atom is 0.187 e. The zero-order valence-corrected chi connectivity index (χ0v) is 11.8. The van der Waals surface area contributed by atoms with E-state index in [1.165, 1.54) is 0 Å². The minimum absolute atomic E-state index is 0.600. The van der Waals surface area contributed by atoms with Crippen molar-refractivity contribution in [1.29, 1.82) is 0 Å². The number of nitrogens with two attached hydrogens (primary N) is 1. The lowest BCUT2D eigenvalue weighted by Crippen LogP contribution is -2.01. The molecule has 3 aromatic rings. The molecule has 6 nitrogen and oxygen atoms in total. The maximum atomic E-state index is 5.90. The van der Waals surface area contributed by atoms with Crippen molar-refractivity contribution in [2.75, 3.05) is 12.8 Å². The molecule has 3 rings (SSSR count). The number of benzene rings is 2. The van der Waals surface area contributed by atoms with Crippen molar-refractivity contribution in [1.82, 2.24) is 20.2 Å². The second-order valence-corrected chi connectivity index (χ2v) is 4.75. The quantitative estimate of drug-likeness (QED) is 0.745. The first kappa shape index (κ1) is 13.1. The van der Waals surface area contributed by atoms with Gasteiger partial charge in [0, 0.05) is 17.3 Å². The SMILES string of the molecule is COc1cc(N)cc(-c2nnnn2-c2cccc(C)c2)c1. The first-order valence-corrected chi connectivity index (χ1v) is 6.48. The van der Waals surface area contributed by atoms with E-state index in [1.807, 2.05) is 43.3 Å². The van der Waals surface area contributed by atoms with Gasteiger partial charge in [0.15, 0.2) is 5.82 Å². The van der Waals surface area contributed by atoms with Gasteiger partial charge in [-0.15, -0.1) is 5.10 Å². The molecule has 0 aliphatic carbocycles. The molecule has 0 fully saturated rings. The van der Waals surface area contributed by atoms with Gasteiger partial charge >= 0.3 is 0 Å². The average molecular weight is 281 g/mol. The highest BCUT2D eigenvalue weighted by Gasteiger charge is 2.12. The average Bonchev–Trinajstić information content (AvgIpc) is 2.96. The number of hydrogen-bond donors (Lipinski definition) is 1. The Hall–Kier alpha value is -2.89. The molecule has 6 heteroatoms. The second-order valence-electron chi connectivity index (χ2n) is 4.75. The highest BCUT2D eigenvalue weighted by atomic mass is 16.5. The fourth-order valence-corrected chi connectivity index (χ4v) is 2.17. The summed E-state index contributed by atoms with van der Waals surface area (Å²) >= 11 is 0. The number of nitrogens with zero attached hydrogens (tertiary/aromatic N) is 4. The van der Waals surface area contributed by atoms with Gasteiger partial charge in [0.2, 0.25) is 0 Å². The molecule has 0 saturated carbocycles. The van der Waals surface area contributed by atoms with Crippen molar-refractivity contribution in [3.8, 4) is 22.8 Å². The van der Waals surface area contributed by atoms with E-state index in [0.29, 0.717) is 17.3 Å². The number of anilines is 1. The van der Waals surface area contributed by atoms with Crippen LogP contribution >= 0.6 is 0 Å². The van der Waals surface area contributed by atoms with Crippen LogP contribution in [0.5, 0.6) is 5.75 Å². The van der Waals surface area contributed by atoms with E-state index < -0.39 is 0 Å². The van der Waals surface area contributed by atoms with E-state index in [0.717, 1.165) is 16.8 Å². The van der Waals surface area contributed by atoms with Crippen molar-refractivity contribution in [2.45, 2.75) is 6.92 Å². The van der Waals surface area contributed by atoms with Crippen LogP contribution in [-0.4, -0.2) is 27.3 Å². The Bertz CT molecular complexity index is 781. The van der Waals surface area contributed by atoms with Gasteiger partial charge in [-0.1, -0.05) is 12.1 Å². The lowest BCUT2D eigenvalue weighted by molar-refractivity contribution is 0.415. The first-order chi connectivity index (χ1) is 10.2. The monoisotopic (exact) mass is 281 g/mol. The van der Waals surface area contributed by atoms with Crippen LogP contribution in [0.2, 0.25) is 0 Å². The minimum Gasteiger partial charge on any atom is -0.497 e. The topological polar surface area (TPSA) is 78.8 Å². The number of tetrazole rings is 1. The molecule has 0 aliphatic heterocycles. The van der Waals surface area contributed by atoms with Crippen LogP contribution in [0.1, 0.15) is 5.56 Å². The van der Waals surface area contributed by atoms with Crippen LogP contribution < -0.4 is 10.5 Å². The van der Waals surface area contributed by atoms with Crippen LogP contribution in [0.15, 0.2) is 42.5 Å². The van der Waals surface area contributed by atoms with E-state index in [1.54, 1.807) is 17.9 Å². The summed E-state index contributed by atoms with van der Waals surface area (Å²) in [5.74, 6) is 1.29. The maximum absolute atomic E-state index is 5.90. The third-order valence-electron chi connectivity index (χ3n) is 3.14. The summed E-state index contributed by atoms with van der Waals surface area (Å²) in [6.45, 7) is 2.02. The van der Waals surface area contributed by atoms with Crippen LogP contribution in [-0.2, 0) is 0 Å². The third kappa shape index (κ3) is 2.55. The highest BCUT2D eigenvalue weighted by Crippen LogP contribution is 2.26. The molecular formula is C15H15N5O. The molecule has 0 spiro atoms. The predicted molar refractivity (Wildman–Crippen MR) is 80.3 cm³/mol. The molecule has 1 heterocycles. The van der Waals surface area contributed by atoms with Gasteiger partial charge in [-0.3, -0.25) is 0 Å². The number of hydrogen-bond acceptors (Lipinski definition) is 5. The van der Waals surface area contributed by atoms with Gasteiger partial charge in [0.1, 0.15) is 5.75 Å². The summed E-state index contributed by atoms with van der Waals surface area (Å²) in [6, 6.07) is 13.4. The van der Waals surface area contributed by atoms with Gasteiger partial charge in [0.05, 0.1) is 12.8 Å². The fraction of sp³-hybridized carbons (Fsp3) is 0.133. The van der Waals surface area contributed by atoms with Crippen molar-refractivity contribution in [2.24, 2.45) is 0 Å². The molecule has 21 heavy (non-hydrogen) atoms. The van der Waals surface area contributed by atoms with Crippen molar-refractivity contribution in [3.05, 3.63) is 48.0 Å². The second kappa shape index (κ2) is 5.24. The molecule has 0 atom stereocenters. The van der Waals surface area contributed by atoms with E-state index in [2.05, 4.69) is 15.5 Å². The number of methoxy groups -OCH3 is 1. The smallest absolute Gasteiger partial charge is 0.187 e. The molecule has 2 aromatic carbocycles. The Morgan fingerprint density at radius 2 is 2.00 bits per heavy atom. The van der Waals surface area contributed by atoms with Gasteiger partial charge < -0.3 is 10.5 Å². The highest BCUT2D eigenvalue weighted by molar-refractivity contribution is 5.65. The third-order valence-corrected chi connectivity index (χ3v) is 3.14. The molecule has 0 bridgehead atoms. The molecule has 0 radical (unpaired) electrons. The Morgan fingerprint density at radius 3 is 2.76 bits per heavy atom. The van der Waals surface area contributed by atoms with Crippen LogP contribution in [0.25, 0.3) is 17.1 Å². The molecule has 0 aliphatic rings. The van der Waals surface area contributed by atoms with Crippen molar-refractivity contribution >= 4 is 5.69 Å². The number of rotatable bonds is 3. The summed E-state index contributed by atoms with van der Waals surface area (Å²) in [4.78, 5) is 0. The summed E-state index contributed by atoms with van der Waals surface area (Å²) in [5.41, 5.74) is 9.34. The summed E-state index contributed by atoms with van der Waals surface area (Å²) < 4.78 is 6.92. The summed E-state index contributed by atoms with van der Waals surface area (Å²) in [6.07, 6.45) is 0. The standard InChI is InChI=1S/C15H15N5O/c1-10-4-3-5-13(6-10)20-15(17-18-19-20)11-7-12(16)9-14(8-11)21-2/h3-9H,16H2,1-2H3. The fourth-order valence-electron chi connectivity index (χ4n) is 2.17. The Balaban J connectivity index is 2.13. The zero-order chi connectivity index (χ0) is 14.8. The van der Waals surface area contributed by atoms with Gasteiger partial charge in [-0.2, -0.15) is 4.68 Å². The first-order valence-electron chi connectivity index (χ1n) is 6.48. The van der Waals surface area contributed by atoms with Crippen LogP contribution in [0, 0.1) is 6.92 Å². The molecule has 0 amide bonds. The lowest BCUT2D eigenvalue weighted by Gasteiger charge is -2.08. The van der Waals surface area contributed by atoms with Crippen molar-refractivity contribution < 1.29 is 4.74 Å². The number of nitrogen functional groups attached to an aromatic ring is 1. The van der Waals surface area contributed by atoms with Gasteiger partial charge in [0.25, 0.3) is 0 Å². The van der Waals surface area contributed by atoms with Crippen LogP contribution in [0.3, 0.4) is 0 Å². The van der Waals surface area contributed by atoms with Gasteiger partial charge in [-0.25, -0.2) is 0 Å². The Kier molecular flexibility index (Phi) is 3.27. The van der Waals surface area contributed by atoms with E-state index >= 15 is 0 Å². The largest absolute Gasteiger partial charge is 0.497 e. The minimum atomic E-state index is 0.600. The summed E-state index contributed by atoms with van der Waals surface area (Å²) in [7, 11) is 1.60. The van der Waals surface area contributed by atoms with Crippen molar-refractivity contribution in [3.63, 3.8) is 0 Å². The molecule has 2 N–H and O–H groups in total. The van der Waals surface area contributed by atoms with E-state index in [9.17, 15) is 0 Å². The molecule has 106 valence electrons. The predicted octanol–water partition coefficient (Wildman–Crippen LogP) is 2.23. The lowest BCUT2D eigenvalue weighted by atomic mass is 10.1. The zero-order valence-electron chi connectivity index (χ0n) is 11.8.